The SMILES string of the molecule is CN(CCC[C@@H](CC(=O)OCC[Si](C)(C)C)C(=O)OCc1ccccc1)C(=NC(=O)OCc1ccccc1)NC(=O)OCc1ccccc1. The molecule has 0 saturated heterocycles. The Morgan fingerprint density at radius 1 is 0.735 bits per heavy atom. The lowest BCUT2D eigenvalue weighted by atomic mass is 9.99. The molecule has 262 valence electrons. The van der Waals surface area contributed by atoms with E-state index in [1.807, 2.05) is 91.0 Å². The molecule has 49 heavy (non-hydrogen) atoms. The number of nitrogens with one attached hydrogen (secondary N) is 1. The van der Waals surface area contributed by atoms with Crippen molar-refractivity contribution in [3.63, 3.8) is 0 Å². The Balaban J connectivity index is 1.64. The van der Waals surface area contributed by atoms with Gasteiger partial charge in [0.1, 0.15) is 19.8 Å². The Hall–Kier alpha value is -4.97. The van der Waals surface area contributed by atoms with Crippen molar-refractivity contribution in [3.05, 3.63) is 108 Å². The molecule has 0 aromatic heterocycles. The number of nitrogens with zero attached hydrogens (tertiary/aromatic N) is 2. The van der Waals surface area contributed by atoms with Gasteiger partial charge in [0.25, 0.3) is 0 Å². The van der Waals surface area contributed by atoms with Crippen LogP contribution in [-0.4, -0.2) is 63.3 Å². The summed E-state index contributed by atoms with van der Waals surface area (Å²) < 4.78 is 21.7. The molecule has 0 spiro atoms. The molecule has 11 nitrogen and oxygen atoms in total. The summed E-state index contributed by atoms with van der Waals surface area (Å²) in [6.45, 7) is 7.25. The Kier molecular flexibility index (Phi) is 16.0. The molecule has 1 atom stereocenters. The predicted molar refractivity (Wildman–Crippen MR) is 189 cm³/mol. The van der Waals surface area contributed by atoms with Crippen molar-refractivity contribution in [2.24, 2.45) is 10.9 Å². The number of esters is 2. The zero-order valence-corrected chi connectivity index (χ0v) is 29.8. The second-order valence-electron chi connectivity index (χ2n) is 12.8. The smallest absolute Gasteiger partial charge is 0.437 e. The van der Waals surface area contributed by atoms with Crippen molar-refractivity contribution in [1.29, 1.82) is 0 Å². The van der Waals surface area contributed by atoms with E-state index in [1.165, 1.54) is 0 Å². The normalized spacial score (nSPS) is 12.0. The van der Waals surface area contributed by atoms with Crippen LogP contribution in [0, 0.1) is 5.92 Å². The van der Waals surface area contributed by atoms with E-state index in [0.717, 1.165) is 22.7 Å². The second-order valence-corrected chi connectivity index (χ2v) is 18.4. The maximum atomic E-state index is 13.2. The molecule has 3 aromatic carbocycles. The number of ether oxygens (including phenoxy) is 4. The van der Waals surface area contributed by atoms with E-state index in [4.69, 9.17) is 18.9 Å². The number of alkyl carbamates (subject to hydrolysis) is 1. The zero-order chi connectivity index (χ0) is 35.5. The molecule has 0 heterocycles. The number of carbonyl (C=O) groups excluding carboxylic acids is 4. The molecule has 0 radical (unpaired) electrons. The maximum Gasteiger partial charge on any atom is 0.437 e. The van der Waals surface area contributed by atoms with Gasteiger partial charge in [-0.3, -0.25) is 14.9 Å². The van der Waals surface area contributed by atoms with Gasteiger partial charge in [0.2, 0.25) is 5.96 Å². The third-order valence-electron chi connectivity index (χ3n) is 7.32. The molecule has 0 bridgehead atoms. The molecular weight excluding hydrogens is 643 g/mol. The van der Waals surface area contributed by atoms with Gasteiger partial charge in [-0.05, 0) is 35.6 Å². The van der Waals surface area contributed by atoms with Crippen LogP contribution in [0.3, 0.4) is 0 Å². The molecule has 0 fully saturated rings. The van der Waals surface area contributed by atoms with E-state index in [9.17, 15) is 19.2 Å². The summed E-state index contributed by atoms with van der Waals surface area (Å²) >= 11 is 0. The van der Waals surface area contributed by atoms with E-state index in [1.54, 1.807) is 11.9 Å². The van der Waals surface area contributed by atoms with Crippen LogP contribution in [0.2, 0.25) is 25.7 Å². The Morgan fingerprint density at radius 3 is 1.78 bits per heavy atom. The van der Waals surface area contributed by atoms with Gasteiger partial charge in [-0.1, -0.05) is 111 Å². The summed E-state index contributed by atoms with van der Waals surface area (Å²) in [4.78, 5) is 56.8. The van der Waals surface area contributed by atoms with E-state index in [2.05, 4.69) is 30.0 Å². The number of guanidine groups is 1. The van der Waals surface area contributed by atoms with Crippen LogP contribution in [0.4, 0.5) is 9.59 Å². The van der Waals surface area contributed by atoms with E-state index in [-0.39, 0.29) is 45.2 Å². The average Bonchev–Trinajstić information content (AvgIpc) is 3.08. The highest BCUT2D eigenvalue weighted by Crippen LogP contribution is 2.18. The molecule has 3 aromatic rings. The summed E-state index contributed by atoms with van der Waals surface area (Å²) in [5.74, 6) is -1.81. The van der Waals surface area contributed by atoms with Crippen molar-refractivity contribution in [2.75, 3.05) is 20.2 Å². The summed E-state index contributed by atoms with van der Waals surface area (Å²) in [5, 5.41) is 2.53. The fourth-order valence-corrected chi connectivity index (χ4v) is 5.17. The minimum Gasteiger partial charge on any atom is -0.466 e. The first-order valence-corrected chi connectivity index (χ1v) is 20.0. The van der Waals surface area contributed by atoms with Crippen LogP contribution >= 0.6 is 0 Å². The molecular formula is C37H47N3O8Si. The third-order valence-corrected chi connectivity index (χ3v) is 9.03. The molecule has 0 saturated carbocycles. The van der Waals surface area contributed by atoms with E-state index in [0.29, 0.717) is 13.0 Å². The number of hydrogen-bond donors (Lipinski definition) is 1. The summed E-state index contributed by atoms with van der Waals surface area (Å²) in [6.07, 6.45) is -1.17. The van der Waals surface area contributed by atoms with Crippen molar-refractivity contribution >= 4 is 38.2 Å². The molecule has 2 amide bonds. The van der Waals surface area contributed by atoms with Crippen molar-refractivity contribution in [1.82, 2.24) is 10.2 Å². The van der Waals surface area contributed by atoms with E-state index >= 15 is 0 Å². The number of aliphatic imine (C=N–C) groups is 1. The topological polar surface area (TPSA) is 133 Å². The van der Waals surface area contributed by atoms with Gasteiger partial charge in [-0.25, -0.2) is 9.59 Å². The van der Waals surface area contributed by atoms with E-state index < -0.39 is 38.1 Å². The van der Waals surface area contributed by atoms with Gasteiger partial charge in [0.15, 0.2) is 0 Å². The first-order chi connectivity index (χ1) is 23.5. The standard InChI is InChI=1S/C37H47N3O8Si/c1-40(22-14-21-32(25-33(41)45-23-24-49(2,3)4)34(42)46-26-29-15-8-5-9-16-29)35(38-36(43)47-27-30-17-10-6-11-18-30)39-37(44)48-28-31-19-12-7-13-20-31/h5-13,15-20,32H,14,21-28H2,1-4H3,(H,38,39,43,44)/t32-/m0/s1. The van der Waals surface area contributed by atoms with Crippen molar-refractivity contribution in [3.8, 4) is 0 Å². The molecule has 1 N–H and O–H groups in total. The fourth-order valence-electron chi connectivity index (χ4n) is 4.46. The highest BCUT2D eigenvalue weighted by atomic mass is 28.3. The van der Waals surface area contributed by atoms with Crippen LogP contribution in [0.5, 0.6) is 0 Å². The Morgan fingerprint density at radius 2 is 1.24 bits per heavy atom. The van der Waals surface area contributed by atoms with Gasteiger partial charge in [-0.2, -0.15) is 0 Å². The quantitative estimate of drug-likeness (QED) is 0.0558. The largest absolute Gasteiger partial charge is 0.466 e. The lowest BCUT2D eigenvalue weighted by Gasteiger charge is -2.22. The Bertz CT molecular complexity index is 1500. The summed E-state index contributed by atoms with van der Waals surface area (Å²) in [5.41, 5.74) is 2.40. The van der Waals surface area contributed by atoms with Crippen molar-refractivity contribution < 1.29 is 38.1 Å². The molecule has 12 heteroatoms. The van der Waals surface area contributed by atoms with Gasteiger partial charge in [0, 0.05) is 21.7 Å². The van der Waals surface area contributed by atoms with Gasteiger partial charge >= 0.3 is 24.1 Å². The van der Waals surface area contributed by atoms with Crippen LogP contribution in [0.15, 0.2) is 96.0 Å². The lowest BCUT2D eigenvalue weighted by molar-refractivity contribution is -0.156. The molecule has 3 rings (SSSR count). The van der Waals surface area contributed by atoms with Gasteiger partial charge in [-0.15, -0.1) is 4.99 Å². The average molecular weight is 690 g/mol. The minimum absolute atomic E-state index is 0.000562. The first kappa shape index (κ1) is 38.5. The predicted octanol–water partition coefficient (Wildman–Crippen LogP) is 6.95. The molecule has 0 unspecified atom stereocenters. The van der Waals surface area contributed by atoms with Crippen molar-refractivity contribution in [2.45, 2.75) is 64.8 Å². The van der Waals surface area contributed by atoms with Gasteiger partial charge < -0.3 is 23.8 Å². The number of carbonyl (C=O) groups is 4. The summed E-state index contributed by atoms with van der Waals surface area (Å²) in [6, 6.07) is 28.4. The van der Waals surface area contributed by atoms with Crippen LogP contribution < -0.4 is 5.32 Å². The summed E-state index contributed by atoms with van der Waals surface area (Å²) in [7, 11) is 0.226. The van der Waals surface area contributed by atoms with Gasteiger partial charge in [0.05, 0.1) is 18.9 Å². The number of amides is 2. The minimum atomic E-state index is -1.41. The monoisotopic (exact) mass is 689 g/mol. The van der Waals surface area contributed by atoms with Crippen LogP contribution in [-0.2, 0) is 48.4 Å². The maximum absolute atomic E-state index is 13.2. The first-order valence-electron chi connectivity index (χ1n) is 16.3. The highest BCUT2D eigenvalue weighted by molar-refractivity contribution is 6.76. The molecule has 0 aliphatic heterocycles. The number of hydrogen-bond acceptors (Lipinski definition) is 8. The van der Waals surface area contributed by atoms with Crippen LogP contribution in [0.25, 0.3) is 0 Å². The third kappa shape index (κ3) is 16.1. The molecule has 0 aliphatic rings. The second kappa shape index (κ2) is 20.4. The Labute approximate surface area is 289 Å². The number of rotatable bonds is 16. The fraction of sp³-hybridized carbons (Fsp3) is 0.378. The zero-order valence-electron chi connectivity index (χ0n) is 28.8. The lowest BCUT2D eigenvalue weighted by Crippen LogP contribution is -2.43. The number of benzene rings is 3. The van der Waals surface area contributed by atoms with Crippen LogP contribution in [0.1, 0.15) is 36.0 Å². The molecule has 0 aliphatic carbocycles. The highest BCUT2D eigenvalue weighted by Gasteiger charge is 2.25.